The lowest BCUT2D eigenvalue weighted by molar-refractivity contribution is -0.143. The van der Waals surface area contributed by atoms with Gasteiger partial charge in [0.1, 0.15) is 0 Å². The van der Waals surface area contributed by atoms with Crippen LogP contribution < -0.4 is 5.32 Å². The Hall–Kier alpha value is -2.02. The number of amides is 1. The minimum Gasteiger partial charge on any atom is -0.349 e. The van der Waals surface area contributed by atoms with Crippen molar-refractivity contribution in [2.75, 3.05) is 0 Å². The van der Waals surface area contributed by atoms with E-state index in [1.54, 1.807) is 6.92 Å². The second-order valence-electron chi connectivity index (χ2n) is 5.46. The third-order valence-corrected chi connectivity index (χ3v) is 3.70. The van der Waals surface area contributed by atoms with Crippen LogP contribution in [-0.2, 0) is 6.18 Å². The predicted octanol–water partition coefficient (Wildman–Crippen LogP) is 4.46. The first kappa shape index (κ1) is 18.3. The predicted molar refractivity (Wildman–Crippen MR) is 85.4 cm³/mol. The molecule has 1 atom stereocenters. The Labute approximate surface area is 142 Å². The smallest absolute Gasteiger partial charge is 0.349 e. The molecule has 1 aromatic heterocycles. The minimum atomic E-state index is -4.73. The first-order chi connectivity index (χ1) is 11.2. The number of alkyl halides is 3. The largest absolute Gasteiger partial charge is 0.434 e. The molecule has 0 radical (unpaired) electrons. The topological polar surface area (TPSA) is 46.9 Å². The summed E-state index contributed by atoms with van der Waals surface area (Å²) in [6.07, 6.45) is -2.29. The van der Waals surface area contributed by atoms with Crippen molar-refractivity contribution in [3.05, 3.63) is 46.7 Å². The second-order valence-corrected chi connectivity index (χ2v) is 5.89. The molecule has 4 nitrogen and oxygen atoms in total. The average Bonchev–Trinajstić information content (AvgIpc) is 2.93. The quantitative estimate of drug-likeness (QED) is 0.856. The molecule has 0 aliphatic carbocycles. The van der Waals surface area contributed by atoms with E-state index in [0.717, 1.165) is 12.6 Å². The highest BCUT2D eigenvalue weighted by atomic mass is 35.5. The minimum absolute atomic E-state index is 0.174. The molecule has 8 heteroatoms. The fourth-order valence-corrected chi connectivity index (χ4v) is 2.50. The van der Waals surface area contributed by atoms with Crippen molar-refractivity contribution in [1.29, 1.82) is 0 Å². The molecule has 0 fully saturated rings. The highest BCUT2D eigenvalue weighted by Gasteiger charge is 2.40. The Morgan fingerprint density at radius 1 is 1.33 bits per heavy atom. The molecule has 24 heavy (non-hydrogen) atoms. The summed E-state index contributed by atoms with van der Waals surface area (Å²) in [5.74, 6) is -0.788. The number of halogens is 4. The van der Waals surface area contributed by atoms with Crippen molar-refractivity contribution in [2.24, 2.45) is 0 Å². The summed E-state index contributed by atoms with van der Waals surface area (Å²) >= 11 is 5.76. The van der Waals surface area contributed by atoms with Crippen LogP contribution >= 0.6 is 11.6 Å². The number of carbonyl (C=O) groups excluding carboxylic acids is 1. The van der Waals surface area contributed by atoms with Gasteiger partial charge in [-0.1, -0.05) is 24.9 Å². The highest BCUT2D eigenvalue weighted by molar-refractivity contribution is 6.30. The molecule has 0 spiro atoms. The molecule has 2 aromatic rings. The van der Waals surface area contributed by atoms with Gasteiger partial charge in [-0.2, -0.15) is 18.3 Å². The Morgan fingerprint density at radius 2 is 1.96 bits per heavy atom. The first-order valence-corrected chi connectivity index (χ1v) is 7.83. The lowest BCUT2D eigenvalue weighted by Gasteiger charge is -2.15. The van der Waals surface area contributed by atoms with Crippen molar-refractivity contribution >= 4 is 17.5 Å². The molecule has 130 valence electrons. The molecule has 0 saturated heterocycles. The van der Waals surface area contributed by atoms with Crippen molar-refractivity contribution in [2.45, 2.75) is 38.9 Å². The third-order valence-electron chi connectivity index (χ3n) is 3.45. The Balaban J connectivity index is 2.43. The van der Waals surface area contributed by atoms with Gasteiger partial charge >= 0.3 is 6.18 Å². The van der Waals surface area contributed by atoms with Crippen molar-refractivity contribution in [1.82, 2.24) is 15.1 Å². The molecular weight excluding hydrogens is 343 g/mol. The van der Waals surface area contributed by atoms with Gasteiger partial charge in [0.15, 0.2) is 5.69 Å². The molecule has 0 aliphatic heterocycles. The summed E-state index contributed by atoms with van der Waals surface area (Å²) in [6.45, 7) is 3.68. The third kappa shape index (κ3) is 4.08. The summed E-state index contributed by atoms with van der Waals surface area (Å²) in [5, 5.41) is 6.71. The fraction of sp³-hybridized carbons (Fsp3) is 0.375. The Morgan fingerprint density at radius 3 is 2.50 bits per heavy atom. The maximum Gasteiger partial charge on any atom is 0.434 e. The van der Waals surface area contributed by atoms with E-state index in [-0.39, 0.29) is 11.7 Å². The monoisotopic (exact) mass is 359 g/mol. The van der Waals surface area contributed by atoms with Crippen LogP contribution in [0.3, 0.4) is 0 Å². The number of benzene rings is 1. The van der Waals surface area contributed by atoms with E-state index in [1.807, 2.05) is 6.92 Å². The number of carbonyl (C=O) groups is 1. The van der Waals surface area contributed by atoms with Crippen LogP contribution in [0.25, 0.3) is 5.69 Å². The maximum atomic E-state index is 13.5. The van der Waals surface area contributed by atoms with E-state index in [2.05, 4.69) is 10.4 Å². The molecule has 1 aromatic carbocycles. The van der Waals surface area contributed by atoms with E-state index >= 15 is 0 Å². The SMILES string of the molecule is CCC[C@@H](C)NC(=O)c1cnn(-c2ccc(Cl)cc2)c1C(F)(F)F. The number of hydrogen-bond acceptors (Lipinski definition) is 2. The number of hydrogen-bond donors (Lipinski definition) is 1. The van der Waals surface area contributed by atoms with Crippen LogP contribution in [0.1, 0.15) is 42.7 Å². The molecule has 0 saturated carbocycles. The van der Waals surface area contributed by atoms with Gasteiger partial charge in [-0.05, 0) is 37.6 Å². The van der Waals surface area contributed by atoms with Gasteiger partial charge in [-0.3, -0.25) is 4.79 Å². The van der Waals surface area contributed by atoms with Gasteiger partial charge < -0.3 is 5.32 Å². The summed E-state index contributed by atoms with van der Waals surface area (Å²) < 4.78 is 41.2. The van der Waals surface area contributed by atoms with Gasteiger partial charge in [-0.25, -0.2) is 4.68 Å². The maximum absolute atomic E-state index is 13.5. The molecule has 1 heterocycles. The zero-order valence-corrected chi connectivity index (χ0v) is 13.9. The molecule has 0 bridgehead atoms. The van der Waals surface area contributed by atoms with Gasteiger partial charge in [0.05, 0.1) is 17.4 Å². The van der Waals surface area contributed by atoms with Crippen LogP contribution in [0.4, 0.5) is 13.2 Å². The van der Waals surface area contributed by atoms with Gasteiger partial charge in [0.2, 0.25) is 0 Å². The summed E-state index contributed by atoms with van der Waals surface area (Å²) in [6, 6.07) is 5.52. The van der Waals surface area contributed by atoms with Crippen LogP contribution in [0, 0.1) is 0 Å². The lowest BCUT2D eigenvalue weighted by atomic mass is 10.1. The van der Waals surface area contributed by atoms with E-state index in [0.29, 0.717) is 16.1 Å². The summed E-state index contributed by atoms with van der Waals surface area (Å²) in [4.78, 5) is 12.2. The lowest BCUT2D eigenvalue weighted by Crippen LogP contribution is -2.33. The molecule has 2 rings (SSSR count). The second kappa shape index (κ2) is 7.25. The van der Waals surface area contributed by atoms with E-state index in [4.69, 9.17) is 11.6 Å². The highest BCUT2D eigenvalue weighted by Crippen LogP contribution is 2.33. The Bertz CT molecular complexity index is 710. The first-order valence-electron chi connectivity index (χ1n) is 7.46. The average molecular weight is 360 g/mol. The van der Waals surface area contributed by atoms with Gasteiger partial charge in [0, 0.05) is 11.1 Å². The zero-order valence-electron chi connectivity index (χ0n) is 13.2. The molecule has 1 amide bonds. The van der Waals surface area contributed by atoms with E-state index in [9.17, 15) is 18.0 Å². The van der Waals surface area contributed by atoms with E-state index < -0.39 is 23.3 Å². The molecular formula is C16H17ClF3N3O. The number of aromatic nitrogens is 2. The standard InChI is InChI=1S/C16H17ClF3N3O/c1-3-4-10(2)22-15(24)13-9-21-23(14(13)16(18,19)20)12-7-5-11(17)6-8-12/h5-10H,3-4H2,1-2H3,(H,22,24)/t10-/m1/s1. The van der Waals surface area contributed by atoms with Crippen molar-refractivity contribution in [3.8, 4) is 5.69 Å². The normalized spacial score (nSPS) is 12.9. The zero-order chi connectivity index (χ0) is 17.9. The van der Waals surface area contributed by atoms with Crippen molar-refractivity contribution in [3.63, 3.8) is 0 Å². The molecule has 0 unspecified atom stereocenters. The fourth-order valence-electron chi connectivity index (χ4n) is 2.37. The van der Waals surface area contributed by atoms with Crippen LogP contribution in [0.15, 0.2) is 30.5 Å². The summed E-state index contributed by atoms with van der Waals surface area (Å²) in [7, 11) is 0. The summed E-state index contributed by atoms with van der Waals surface area (Å²) in [5.41, 5.74) is -1.43. The van der Waals surface area contributed by atoms with Crippen LogP contribution in [-0.4, -0.2) is 21.7 Å². The molecule has 1 N–H and O–H groups in total. The van der Waals surface area contributed by atoms with Crippen molar-refractivity contribution < 1.29 is 18.0 Å². The van der Waals surface area contributed by atoms with Gasteiger partial charge in [0.25, 0.3) is 5.91 Å². The van der Waals surface area contributed by atoms with E-state index in [1.165, 1.54) is 24.3 Å². The Kier molecular flexibility index (Phi) is 5.54. The van der Waals surface area contributed by atoms with Gasteiger partial charge in [-0.15, -0.1) is 0 Å². The number of rotatable bonds is 5. The number of nitrogens with one attached hydrogen (secondary N) is 1. The van der Waals surface area contributed by atoms with Crippen LogP contribution in [0.5, 0.6) is 0 Å². The molecule has 0 aliphatic rings. The van der Waals surface area contributed by atoms with Crippen LogP contribution in [0.2, 0.25) is 5.02 Å². The number of nitrogens with zero attached hydrogens (tertiary/aromatic N) is 2.